The van der Waals surface area contributed by atoms with Crippen molar-refractivity contribution in [2.75, 3.05) is 11.9 Å². The van der Waals surface area contributed by atoms with Gasteiger partial charge < -0.3 is 15.3 Å². The summed E-state index contributed by atoms with van der Waals surface area (Å²) in [5, 5.41) is 12.2. The number of aliphatic carboxylic acids is 1. The molecule has 0 aliphatic heterocycles. The van der Waals surface area contributed by atoms with Crippen molar-refractivity contribution in [1.82, 2.24) is 4.90 Å². The molecular formula is C13H15Cl3N2O3. The van der Waals surface area contributed by atoms with Crippen molar-refractivity contribution in [3.05, 3.63) is 27.2 Å². The van der Waals surface area contributed by atoms with Crippen LogP contribution in [0.5, 0.6) is 0 Å². The number of rotatable bonds is 5. The fraction of sp³-hybridized carbons (Fsp3) is 0.385. The molecule has 1 aromatic carbocycles. The van der Waals surface area contributed by atoms with Crippen molar-refractivity contribution in [1.29, 1.82) is 0 Å². The molecule has 116 valence electrons. The molecule has 0 heterocycles. The second-order valence-electron chi connectivity index (χ2n) is 4.41. The van der Waals surface area contributed by atoms with Gasteiger partial charge in [0.05, 0.1) is 22.2 Å². The standard InChI is InChI=1S/C13H15Cl3N2O3/c1-3-18(7(2)4-11(19)20)13(21)17-12-9(15)5-8(14)6-10(12)16/h5-7H,3-4H2,1-2H3,(H,17,21)(H,19,20). The molecule has 0 aliphatic rings. The van der Waals surface area contributed by atoms with Gasteiger partial charge in [-0.1, -0.05) is 34.8 Å². The van der Waals surface area contributed by atoms with Gasteiger partial charge in [-0.15, -0.1) is 0 Å². The molecule has 0 aromatic heterocycles. The topological polar surface area (TPSA) is 69.6 Å². The van der Waals surface area contributed by atoms with Gasteiger partial charge in [0.15, 0.2) is 0 Å². The molecular weight excluding hydrogens is 339 g/mol. The Balaban J connectivity index is 2.91. The van der Waals surface area contributed by atoms with Crippen molar-refractivity contribution in [2.24, 2.45) is 0 Å². The zero-order valence-corrected chi connectivity index (χ0v) is 13.8. The fourth-order valence-electron chi connectivity index (χ4n) is 1.86. The van der Waals surface area contributed by atoms with Crippen LogP contribution in [0.25, 0.3) is 0 Å². The minimum absolute atomic E-state index is 0.149. The molecule has 1 aromatic rings. The maximum absolute atomic E-state index is 12.2. The molecule has 2 N–H and O–H groups in total. The molecule has 0 saturated heterocycles. The molecule has 0 saturated carbocycles. The van der Waals surface area contributed by atoms with E-state index in [1.807, 2.05) is 0 Å². The molecule has 21 heavy (non-hydrogen) atoms. The minimum Gasteiger partial charge on any atom is -0.481 e. The summed E-state index contributed by atoms with van der Waals surface area (Å²) in [6.07, 6.45) is -0.149. The monoisotopic (exact) mass is 352 g/mol. The van der Waals surface area contributed by atoms with Crippen LogP contribution in [0.2, 0.25) is 15.1 Å². The van der Waals surface area contributed by atoms with Gasteiger partial charge in [-0.05, 0) is 26.0 Å². The SMILES string of the molecule is CCN(C(=O)Nc1c(Cl)cc(Cl)cc1Cl)C(C)CC(=O)O. The van der Waals surface area contributed by atoms with E-state index in [0.29, 0.717) is 11.6 Å². The van der Waals surface area contributed by atoms with E-state index in [1.54, 1.807) is 13.8 Å². The number of benzene rings is 1. The van der Waals surface area contributed by atoms with E-state index in [-0.39, 0.29) is 22.2 Å². The first-order chi connectivity index (χ1) is 9.76. The summed E-state index contributed by atoms with van der Waals surface area (Å²) in [6, 6.07) is 1.98. The van der Waals surface area contributed by atoms with Crippen LogP contribution in [0.15, 0.2) is 12.1 Å². The summed E-state index contributed by atoms with van der Waals surface area (Å²) in [4.78, 5) is 24.4. The smallest absolute Gasteiger partial charge is 0.322 e. The highest BCUT2D eigenvalue weighted by Gasteiger charge is 2.22. The lowest BCUT2D eigenvalue weighted by molar-refractivity contribution is -0.137. The number of hydrogen-bond acceptors (Lipinski definition) is 2. The highest BCUT2D eigenvalue weighted by Crippen LogP contribution is 2.33. The Labute approximate surface area is 137 Å². The number of anilines is 1. The quantitative estimate of drug-likeness (QED) is 0.826. The Morgan fingerprint density at radius 1 is 1.29 bits per heavy atom. The van der Waals surface area contributed by atoms with Crippen molar-refractivity contribution in [2.45, 2.75) is 26.3 Å². The number of hydrogen-bond donors (Lipinski definition) is 2. The molecule has 0 spiro atoms. The lowest BCUT2D eigenvalue weighted by Crippen LogP contribution is -2.42. The highest BCUT2D eigenvalue weighted by molar-refractivity contribution is 6.42. The normalized spacial score (nSPS) is 11.9. The highest BCUT2D eigenvalue weighted by atomic mass is 35.5. The molecule has 0 radical (unpaired) electrons. The van der Waals surface area contributed by atoms with Gasteiger partial charge in [-0.25, -0.2) is 4.79 Å². The number of amides is 2. The lowest BCUT2D eigenvalue weighted by atomic mass is 10.2. The van der Waals surface area contributed by atoms with Gasteiger partial charge in [0.1, 0.15) is 0 Å². The number of nitrogens with one attached hydrogen (secondary N) is 1. The molecule has 5 nitrogen and oxygen atoms in total. The number of nitrogens with zero attached hydrogens (tertiary/aromatic N) is 1. The Morgan fingerprint density at radius 3 is 2.24 bits per heavy atom. The maximum Gasteiger partial charge on any atom is 0.322 e. The lowest BCUT2D eigenvalue weighted by Gasteiger charge is -2.27. The summed E-state index contributed by atoms with van der Waals surface area (Å²) in [5.74, 6) is -0.976. The first-order valence-corrected chi connectivity index (χ1v) is 7.33. The van der Waals surface area contributed by atoms with Crippen LogP contribution in [0.3, 0.4) is 0 Å². The van der Waals surface area contributed by atoms with E-state index in [2.05, 4.69) is 5.32 Å². The molecule has 0 aliphatic carbocycles. The van der Waals surface area contributed by atoms with Crippen molar-refractivity contribution in [3.8, 4) is 0 Å². The van der Waals surface area contributed by atoms with Gasteiger partial charge in [0, 0.05) is 17.6 Å². The summed E-state index contributed by atoms with van der Waals surface area (Å²) in [5.41, 5.74) is 0.244. The molecule has 0 bridgehead atoms. The van der Waals surface area contributed by atoms with Gasteiger partial charge in [-0.3, -0.25) is 4.79 Å². The summed E-state index contributed by atoms with van der Waals surface area (Å²) >= 11 is 17.8. The Kier molecular flexibility index (Phi) is 6.58. The fourth-order valence-corrected chi connectivity index (χ4v) is 2.77. The number of halogens is 3. The number of urea groups is 1. The van der Waals surface area contributed by atoms with Crippen LogP contribution >= 0.6 is 34.8 Å². The third-order valence-electron chi connectivity index (χ3n) is 2.84. The zero-order chi connectivity index (χ0) is 16.2. The molecule has 1 atom stereocenters. The number of carboxylic acids is 1. The molecule has 2 amide bonds. The van der Waals surface area contributed by atoms with E-state index >= 15 is 0 Å². The maximum atomic E-state index is 12.2. The van der Waals surface area contributed by atoms with E-state index in [9.17, 15) is 9.59 Å². The largest absolute Gasteiger partial charge is 0.481 e. The molecule has 0 fully saturated rings. The van der Waals surface area contributed by atoms with Gasteiger partial charge in [-0.2, -0.15) is 0 Å². The van der Waals surface area contributed by atoms with E-state index < -0.39 is 18.0 Å². The van der Waals surface area contributed by atoms with Crippen LogP contribution in [-0.4, -0.2) is 34.6 Å². The third-order valence-corrected chi connectivity index (χ3v) is 3.66. The van der Waals surface area contributed by atoms with E-state index in [0.717, 1.165) is 0 Å². The van der Waals surface area contributed by atoms with Crippen LogP contribution in [0.4, 0.5) is 10.5 Å². The number of carbonyl (C=O) groups excluding carboxylic acids is 1. The van der Waals surface area contributed by atoms with Crippen LogP contribution < -0.4 is 5.32 Å². The zero-order valence-electron chi connectivity index (χ0n) is 11.5. The Bertz CT molecular complexity index is 528. The van der Waals surface area contributed by atoms with Crippen molar-refractivity contribution in [3.63, 3.8) is 0 Å². The second-order valence-corrected chi connectivity index (χ2v) is 5.66. The Morgan fingerprint density at radius 2 is 1.81 bits per heavy atom. The Hall–Kier alpha value is -1.17. The van der Waals surface area contributed by atoms with Crippen LogP contribution in [0, 0.1) is 0 Å². The van der Waals surface area contributed by atoms with Gasteiger partial charge in [0.2, 0.25) is 0 Å². The van der Waals surface area contributed by atoms with Crippen LogP contribution in [-0.2, 0) is 4.79 Å². The number of carbonyl (C=O) groups is 2. The van der Waals surface area contributed by atoms with Gasteiger partial charge >= 0.3 is 12.0 Å². The summed E-state index contributed by atoms with van der Waals surface area (Å²) < 4.78 is 0. The first-order valence-electron chi connectivity index (χ1n) is 6.20. The predicted molar refractivity (Wildman–Crippen MR) is 84.6 cm³/mol. The van der Waals surface area contributed by atoms with E-state index in [1.165, 1.54) is 17.0 Å². The first kappa shape index (κ1) is 17.9. The summed E-state index contributed by atoms with van der Waals surface area (Å²) in [7, 11) is 0. The molecule has 1 unspecified atom stereocenters. The minimum atomic E-state index is -0.976. The van der Waals surface area contributed by atoms with Crippen molar-refractivity contribution < 1.29 is 14.7 Å². The second kappa shape index (κ2) is 7.73. The number of carboxylic acid groups (broad SMARTS) is 1. The molecule has 8 heteroatoms. The van der Waals surface area contributed by atoms with E-state index in [4.69, 9.17) is 39.9 Å². The van der Waals surface area contributed by atoms with Gasteiger partial charge in [0.25, 0.3) is 0 Å². The summed E-state index contributed by atoms with van der Waals surface area (Å²) in [6.45, 7) is 3.76. The third kappa shape index (κ3) is 4.95. The average molecular weight is 354 g/mol. The average Bonchev–Trinajstić information content (AvgIpc) is 2.33. The predicted octanol–water partition coefficient (Wildman–Crippen LogP) is 4.36. The van der Waals surface area contributed by atoms with Crippen LogP contribution in [0.1, 0.15) is 20.3 Å². The molecule has 1 rings (SSSR count). The van der Waals surface area contributed by atoms with Crippen molar-refractivity contribution >= 4 is 52.5 Å².